The van der Waals surface area contributed by atoms with Gasteiger partial charge in [0.15, 0.2) is 5.82 Å². The molecule has 4 aromatic rings. The van der Waals surface area contributed by atoms with Gasteiger partial charge in [0, 0.05) is 59.6 Å². The van der Waals surface area contributed by atoms with Crippen LogP contribution in [0.4, 0.5) is 21.0 Å². The molecule has 4 aromatic heterocycles. The van der Waals surface area contributed by atoms with Crippen molar-refractivity contribution in [3.63, 3.8) is 0 Å². The minimum Gasteiger partial charge on any atom is -0.443 e. The molecular weight excluding hydrogens is 465 g/mol. The third kappa shape index (κ3) is 3.55. The monoisotopic (exact) mass is 489 g/mol. The smallest absolute Gasteiger partial charge is 0.407 e. The van der Waals surface area contributed by atoms with Gasteiger partial charge in [-0.1, -0.05) is 0 Å². The summed E-state index contributed by atoms with van der Waals surface area (Å²) in [6, 6.07) is 3.61. The molecule has 0 radical (unpaired) electrons. The average Bonchev–Trinajstić information content (AvgIpc) is 3.57. The highest BCUT2D eigenvalue weighted by atomic mass is 19.1. The molecular formula is C24H24FN9O2. The number of fused-ring (bicyclic) bond motifs is 1. The molecule has 36 heavy (non-hydrogen) atoms. The van der Waals surface area contributed by atoms with Gasteiger partial charge in [-0.25, -0.2) is 29.1 Å². The average molecular weight is 490 g/mol. The van der Waals surface area contributed by atoms with E-state index in [9.17, 15) is 4.79 Å². The minimum absolute atomic E-state index is 0.0883. The van der Waals surface area contributed by atoms with Crippen LogP contribution in [-0.2, 0) is 4.74 Å². The van der Waals surface area contributed by atoms with Crippen LogP contribution in [0.25, 0.3) is 16.9 Å². The lowest BCUT2D eigenvalue weighted by Gasteiger charge is -2.61. The van der Waals surface area contributed by atoms with E-state index in [1.807, 2.05) is 6.07 Å². The molecule has 11 nitrogen and oxygen atoms in total. The molecule has 3 atom stereocenters. The summed E-state index contributed by atoms with van der Waals surface area (Å²) in [7, 11) is 0. The van der Waals surface area contributed by atoms with Crippen molar-refractivity contribution in [3.05, 3.63) is 48.9 Å². The topological polar surface area (TPSA) is 135 Å². The van der Waals surface area contributed by atoms with E-state index in [4.69, 9.17) is 4.74 Å². The Morgan fingerprint density at radius 1 is 1.19 bits per heavy atom. The van der Waals surface area contributed by atoms with Gasteiger partial charge in [-0.2, -0.15) is 5.10 Å². The highest BCUT2D eigenvalue weighted by Gasteiger charge is 2.58. The number of ether oxygens (including phenoxy) is 1. The lowest BCUT2D eigenvalue weighted by Crippen LogP contribution is -2.68. The van der Waals surface area contributed by atoms with E-state index < -0.39 is 24.3 Å². The number of rotatable bonds is 6. The third-order valence-corrected chi connectivity index (χ3v) is 7.65. The standard InChI is InChI=1S/C24H24FN9O2/c25-21-15(1-2-18(21)36-23(35)31-24-7-13(8-24)9-24)17-5-19(33-32-17)30-22-29-16(14-10-26-12-27-11-14)6-20-28-3-4-34(20)22/h3-6,10-13,15,18,21H,1-2,7-9H2,(H,31,35)(H2,29,30,32,33)/t13?,15-,18-,21+,24?/m0/s1. The maximum Gasteiger partial charge on any atom is 0.407 e. The second-order valence-corrected chi connectivity index (χ2v) is 10.0. The molecule has 12 heteroatoms. The Hall–Kier alpha value is -4.09. The Morgan fingerprint density at radius 3 is 2.81 bits per heavy atom. The molecule has 1 amide bonds. The van der Waals surface area contributed by atoms with Crippen molar-refractivity contribution in [2.24, 2.45) is 5.92 Å². The van der Waals surface area contributed by atoms with Crippen molar-refractivity contribution >= 4 is 23.5 Å². The molecule has 0 aromatic carbocycles. The number of carbonyl (C=O) groups excluding carboxylic acids is 1. The third-order valence-electron chi connectivity index (χ3n) is 7.65. The molecule has 8 rings (SSSR count). The van der Waals surface area contributed by atoms with Crippen LogP contribution in [0.2, 0.25) is 0 Å². The fraction of sp³-hybridized carbons (Fsp3) is 0.417. The van der Waals surface area contributed by atoms with Gasteiger partial charge in [-0.05, 0) is 38.0 Å². The van der Waals surface area contributed by atoms with Crippen LogP contribution in [0, 0.1) is 5.92 Å². The number of nitrogens with zero attached hydrogens (tertiary/aromatic N) is 6. The maximum absolute atomic E-state index is 15.3. The van der Waals surface area contributed by atoms with E-state index in [1.54, 1.807) is 35.3 Å². The summed E-state index contributed by atoms with van der Waals surface area (Å²) in [5.41, 5.74) is 2.66. The Bertz CT molecular complexity index is 1420. The first kappa shape index (κ1) is 21.2. The lowest BCUT2D eigenvalue weighted by molar-refractivity contribution is -0.0532. The first-order chi connectivity index (χ1) is 17.6. The number of halogens is 1. The van der Waals surface area contributed by atoms with Gasteiger partial charge >= 0.3 is 6.09 Å². The number of anilines is 2. The summed E-state index contributed by atoms with van der Waals surface area (Å²) in [5.74, 6) is 1.30. The molecule has 4 saturated carbocycles. The highest BCUT2D eigenvalue weighted by Crippen LogP contribution is 2.57. The number of nitrogens with one attached hydrogen (secondary N) is 3. The van der Waals surface area contributed by atoms with Gasteiger partial charge in [-0.3, -0.25) is 9.50 Å². The van der Waals surface area contributed by atoms with Crippen molar-refractivity contribution in [1.29, 1.82) is 0 Å². The summed E-state index contributed by atoms with van der Waals surface area (Å²) in [6.07, 6.45) is 9.78. The van der Waals surface area contributed by atoms with Crippen LogP contribution >= 0.6 is 0 Å². The molecule has 4 aliphatic carbocycles. The summed E-state index contributed by atoms with van der Waals surface area (Å²) in [5, 5.41) is 13.4. The second kappa shape index (κ2) is 7.97. The number of H-pyrrole nitrogens is 1. The van der Waals surface area contributed by atoms with Crippen LogP contribution in [0.15, 0.2) is 43.2 Å². The van der Waals surface area contributed by atoms with Gasteiger partial charge in [-0.15, -0.1) is 0 Å². The molecule has 0 aliphatic heterocycles. The Morgan fingerprint density at radius 2 is 2.03 bits per heavy atom. The number of aromatic nitrogens is 7. The van der Waals surface area contributed by atoms with E-state index in [-0.39, 0.29) is 5.54 Å². The highest BCUT2D eigenvalue weighted by molar-refractivity contribution is 5.69. The van der Waals surface area contributed by atoms with E-state index in [0.717, 1.165) is 30.7 Å². The molecule has 4 fully saturated rings. The van der Waals surface area contributed by atoms with Gasteiger partial charge in [0.25, 0.3) is 0 Å². The zero-order valence-corrected chi connectivity index (χ0v) is 19.3. The number of hydrogen-bond acceptors (Lipinski definition) is 8. The predicted octanol–water partition coefficient (Wildman–Crippen LogP) is 3.52. The van der Waals surface area contributed by atoms with Crippen LogP contribution in [0.5, 0.6) is 0 Å². The van der Waals surface area contributed by atoms with Crippen molar-refractivity contribution in [1.82, 2.24) is 39.9 Å². The largest absolute Gasteiger partial charge is 0.443 e. The van der Waals surface area contributed by atoms with E-state index in [1.165, 1.54) is 6.33 Å². The summed E-state index contributed by atoms with van der Waals surface area (Å²) >= 11 is 0. The molecule has 0 spiro atoms. The van der Waals surface area contributed by atoms with Gasteiger partial charge < -0.3 is 15.4 Å². The Kier molecular flexibility index (Phi) is 4.70. The van der Waals surface area contributed by atoms with Crippen molar-refractivity contribution in [2.45, 2.75) is 55.8 Å². The molecule has 3 N–H and O–H groups in total. The van der Waals surface area contributed by atoms with Gasteiger partial charge in [0.1, 0.15) is 24.3 Å². The fourth-order valence-electron chi connectivity index (χ4n) is 5.68. The normalized spacial score (nSPS) is 28.4. The summed E-state index contributed by atoms with van der Waals surface area (Å²) < 4.78 is 22.5. The summed E-state index contributed by atoms with van der Waals surface area (Å²) in [4.78, 5) is 29.5. The van der Waals surface area contributed by atoms with E-state index in [2.05, 4.69) is 40.8 Å². The van der Waals surface area contributed by atoms with Crippen LogP contribution < -0.4 is 10.6 Å². The fourth-order valence-corrected chi connectivity index (χ4v) is 5.68. The number of alkyl carbamates (subject to hydrolysis) is 1. The SMILES string of the molecule is O=C(NC12CC(C1)C2)O[C@H]1CC[C@@H](c2cc(Nc3nc(-c4cncnc4)cc4nccn34)n[nH]2)[C@H]1F. The number of aromatic amines is 1. The molecule has 0 saturated heterocycles. The van der Waals surface area contributed by atoms with Crippen LogP contribution in [0.3, 0.4) is 0 Å². The molecule has 2 bridgehead atoms. The Balaban J connectivity index is 1.06. The van der Waals surface area contributed by atoms with Crippen molar-refractivity contribution in [2.75, 3.05) is 5.32 Å². The minimum atomic E-state index is -1.31. The molecule has 4 heterocycles. The van der Waals surface area contributed by atoms with Crippen molar-refractivity contribution in [3.8, 4) is 11.3 Å². The summed E-state index contributed by atoms with van der Waals surface area (Å²) in [6.45, 7) is 0. The number of imidazole rings is 1. The number of hydrogen-bond donors (Lipinski definition) is 3. The molecule has 4 aliphatic rings. The van der Waals surface area contributed by atoms with Gasteiger partial charge in [0.05, 0.1) is 5.69 Å². The zero-order valence-electron chi connectivity index (χ0n) is 19.3. The van der Waals surface area contributed by atoms with Crippen molar-refractivity contribution < 1.29 is 13.9 Å². The van der Waals surface area contributed by atoms with Crippen LogP contribution in [-0.4, -0.2) is 58.4 Å². The lowest BCUT2D eigenvalue weighted by atomic mass is 9.50. The number of amides is 1. The van der Waals surface area contributed by atoms with Gasteiger partial charge in [0.2, 0.25) is 5.95 Å². The van der Waals surface area contributed by atoms with Crippen LogP contribution in [0.1, 0.15) is 43.7 Å². The molecule has 184 valence electrons. The zero-order chi connectivity index (χ0) is 24.3. The quantitative estimate of drug-likeness (QED) is 0.374. The number of carbonyl (C=O) groups is 1. The predicted molar refractivity (Wildman–Crippen MR) is 126 cm³/mol. The van der Waals surface area contributed by atoms with E-state index in [0.29, 0.717) is 41.6 Å². The molecule has 0 unspecified atom stereocenters. The maximum atomic E-state index is 15.3. The number of alkyl halides is 1. The Labute approximate surface area is 204 Å². The second-order valence-electron chi connectivity index (χ2n) is 10.0. The first-order valence-corrected chi connectivity index (χ1v) is 12.1. The first-order valence-electron chi connectivity index (χ1n) is 12.1. The van der Waals surface area contributed by atoms with E-state index >= 15 is 4.39 Å².